The fourth-order valence-electron chi connectivity index (χ4n) is 1.36. The van der Waals surface area contributed by atoms with Gasteiger partial charge in [0.1, 0.15) is 6.29 Å². The van der Waals surface area contributed by atoms with Gasteiger partial charge in [-0.2, -0.15) is 5.26 Å². The van der Waals surface area contributed by atoms with Gasteiger partial charge in [-0.15, -0.1) is 0 Å². The van der Waals surface area contributed by atoms with Crippen LogP contribution in [0.15, 0.2) is 18.2 Å². The standard InChI is InChI=1S/C11H11NO/c1-9-4-2-5-10(8-13)11(9)6-3-7-12/h2,4-5,8H,3,6H2,1H3. The number of benzene rings is 1. The fraction of sp³-hybridized carbons (Fsp3) is 0.273. The first kappa shape index (κ1) is 9.47. The Labute approximate surface area is 77.8 Å². The highest BCUT2D eigenvalue weighted by Crippen LogP contribution is 2.14. The molecule has 2 heteroatoms. The van der Waals surface area contributed by atoms with Gasteiger partial charge in [0.2, 0.25) is 0 Å². The average molecular weight is 173 g/mol. The Morgan fingerprint density at radius 3 is 2.92 bits per heavy atom. The summed E-state index contributed by atoms with van der Waals surface area (Å²) in [6.07, 6.45) is 1.97. The van der Waals surface area contributed by atoms with Crippen LogP contribution in [-0.4, -0.2) is 6.29 Å². The van der Waals surface area contributed by atoms with Crippen molar-refractivity contribution in [2.45, 2.75) is 19.8 Å². The van der Waals surface area contributed by atoms with Crippen molar-refractivity contribution < 1.29 is 4.79 Å². The quantitative estimate of drug-likeness (QED) is 0.658. The lowest BCUT2D eigenvalue weighted by molar-refractivity contribution is 0.112. The molecule has 0 bridgehead atoms. The first-order valence-electron chi connectivity index (χ1n) is 4.20. The van der Waals surface area contributed by atoms with E-state index in [9.17, 15) is 4.79 Å². The zero-order chi connectivity index (χ0) is 9.68. The van der Waals surface area contributed by atoms with Crippen LogP contribution in [0, 0.1) is 18.3 Å². The number of nitrogens with zero attached hydrogens (tertiary/aromatic N) is 1. The molecule has 66 valence electrons. The molecule has 0 fully saturated rings. The molecule has 0 unspecified atom stereocenters. The van der Waals surface area contributed by atoms with Crippen LogP contribution in [-0.2, 0) is 6.42 Å². The highest BCUT2D eigenvalue weighted by molar-refractivity contribution is 5.77. The Hall–Kier alpha value is -1.62. The topological polar surface area (TPSA) is 40.9 Å². The summed E-state index contributed by atoms with van der Waals surface area (Å²) in [7, 11) is 0. The molecule has 1 aromatic carbocycles. The van der Waals surface area contributed by atoms with Crippen LogP contribution in [0.5, 0.6) is 0 Å². The normalized spacial score (nSPS) is 9.23. The van der Waals surface area contributed by atoms with Crippen molar-refractivity contribution >= 4 is 6.29 Å². The molecule has 0 aliphatic heterocycles. The van der Waals surface area contributed by atoms with E-state index >= 15 is 0 Å². The van der Waals surface area contributed by atoms with Crippen molar-refractivity contribution in [3.8, 4) is 6.07 Å². The maximum absolute atomic E-state index is 10.7. The lowest BCUT2D eigenvalue weighted by Gasteiger charge is -2.05. The van der Waals surface area contributed by atoms with E-state index in [0.29, 0.717) is 18.4 Å². The van der Waals surface area contributed by atoms with Crippen LogP contribution in [0.1, 0.15) is 27.9 Å². The molecule has 0 heterocycles. The molecule has 0 aromatic heterocycles. The van der Waals surface area contributed by atoms with Gasteiger partial charge < -0.3 is 0 Å². The summed E-state index contributed by atoms with van der Waals surface area (Å²) in [5.41, 5.74) is 2.79. The first-order chi connectivity index (χ1) is 6.29. The van der Waals surface area contributed by atoms with Crippen LogP contribution < -0.4 is 0 Å². The van der Waals surface area contributed by atoms with Gasteiger partial charge in [-0.1, -0.05) is 18.2 Å². The molecule has 0 aliphatic rings. The van der Waals surface area contributed by atoms with Gasteiger partial charge in [-0.25, -0.2) is 0 Å². The number of carbonyl (C=O) groups is 1. The Morgan fingerprint density at radius 2 is 2.31 bits per heavy atom. The number of hydrogen-bond acceptors (Lipinski definition) is 2. The molecule has 0 atom stereocenters. The van der Waals surface area contributed by atoms with E-state index in [1.807, 2.05) is 19.1 Å². The summed E-state index contributed by atoms with van der Waals surface area (Å²) in [6, 6.07) is 7.68. The van der Waals surface area contributed by atoms with Gasteiger partial charge in [-0.3, -0.25) is 4.79 Å². The van der Waals surface area contributed by atoms with Gasteiger partial charge in [0.05, 0.1) is 6.07 Å². The summed E-state index contributed by atoms with van der Waals surface area (Å²) in [5, 5.41) is 8.44. The molecule has 0 saturated heterocycles. The minimum atomic E-state index is 0.464. The average Bonchev–Trinajstić information content (AvgIpc) is 2.15. The number of aldehydes is 1. The zero-order valence-corrected chi connectivity index (χ0v) is 7.58. The molecular weight excluding hydrogens is 162 g/mol. The molecule has 0 spiro atoms. The van der Waals surface area contributed by atoms with E-state index < -0.39 is 0 Å². The molecule has 0 N–H and O–H groups in total. The van der Waals surface area contributed by atoms with Gasteiger partial charge in [0.15, 0.2) is 0 Å². The number of rotatable bonds is 3. The van der Waals surface area contributed by atoms with Crippen molar-refractivity contribution in [1.29, 1.82) is 5.26 Å². The van der Waals surface area contributed by atoms with E-state index in [4.69, 9.17) is 5.26 Å². The monoisotopic (exact) mass is 173 g/mol. The maximum atomic E-state index is 10.7. The zero-order valence-electron chi connectivity index (χ0n) is 7.58. The third-order valence-corrected chi connectivity index (χ3v) is 2.06. The van der Waals surface area contributed by atoms with Gasteiger partial charge in [0.25, 0.3) is 0 Å². The molecule has 0 amide bonds. The Bertz CT molecular complexity index is 350. The van der Waals surface area contributed by atoms with Crippen molar-refractivity contribution in [1.82, 2.24) is 0 Å². The summed E-state index contributed by atoms with van der Waals surface area (Å²) < 4.78 is 0. The molecule has 0 saturated carbocycles. The second-order valence-electron chi connectivity index (χ2n) is 2.92. The van der Waals surface area contributed by atoms with Crippen LogP contribution in [0.2, 0.25) is 0 Å². The van der Waals surface area contributed by atoms with E-state index in [1.54, 1.807) is 6.07 Å². The lowest BCUT2D eigenvalue weighted by Crippen LogP contribution is -1.95. The molecule has 1 rings (SSSR count). The molecular formula is C11H11NO. The van der Waals surface area contributed by atoms with Crippen molar-refractivity contribution in [3.63, 3.8) is 0 Å². The highest BCUT2D eigenvalue weighted by Gasteiger charge is 2.03. The van der Waals surface area contributed by atoms with Crippen LogP contribution >= 0.6 is 0 Å². The molecule has 0 aliphatic carbocycles. The van der Waals surface area contributed by atoms with Crippen molar-refractivity contribution in [2.75, 3.05) is 0 Å². The number of nitriles is 1. The Balaban J connectivity index is 3.01. The van der Waals surface area contributed by atoms with Gasteiger partial charge in [-0.05, 0) is 24.5 Å². The second-order valence-corrected chi connectivity index (χ2v) is 2.92. The third-order valence-electron chi connectivity index (χ3n) is 2.06. The van der Waals surface area contributed by atoms with E-state index in [0.717, 1.165) is 17.4 Å². The lowest BCUT2D eigenvalue weighted by atomic mass is 9.99. The smallest absolute Gasteiger partial charge is 0.150 e. The second kappa shape index (κ2) is 4.42. The van der Waals surface area contributed by atoms with E-state index in [1.165, 1.54) is 0 Å². The van der Waals surface area contributed by atoms with Crippen molar-refractivity contribution in [3.05, 3.63) is 34.9 Å². The number of aryl methyl sites for hydroxylation is 1. The fourth-order valence-corrected chi connectivity index (χ4v) is 1.36. The van der Waals surface area contributed by atoms with Crippen LogP contribution in [0.25, 0.3) is 0 Å². The number of carbonyl (C=O) groups excluding carboxylic acids is 1. The number of hydrogen-bond donors (Lipinski definition) is 0. The summed E-state index contributed by atoms with van der Waals surface area (Å²) in [5.74, 6) is 0. The molecule has 13 heavy (non-hydrogen) atoms. The third kappa shape index (κ3) is 2.16. The summed E-state index contributed by atoms with van der Waals surface area (Å²) in [4.78, 5) is 10.7. The largest absolute Gasteiger partial charge is 0.298 e. The molecule has 1 aromatic rings. The minimum Gasteiger partial charge on any atom is -0.298 e. The maximum Gasteiger partial charge on any atom is 0.150 e. The molecule has 2 nitrogen and oxygen atoms in total. The van der Waals surface area contributed by atoms with Gasteiger partial charge in [0, 0.05) is 12.0 Å². The van der Waals surface area contributed by atoms with E-state index in [2.05, 4.69) is 6.07 Å². The Morgan fingerprint density at radius 1 is 1.54 bits per heavy atom. The van der Waals surface area contributed by atoms with Gasteiger partial charge >= 0.3 is 0 Å². The summed E-state index contributed by atoms with van der Waals surface area (Å²) >= 11 is 0. The Kier molecular flexibility index (Phi) is 3.22. The summed E-state index contributed by atoms with van der Waals surface area (Å²) in [6.45, 7) is 1.96. The predicted molar refractivity (Wildman–Crippen MR) is 50.5 cm³/mol. The van der Waals surface area contributed by atoms with Crippen LogP contribution in [0.4, 0.5) is 0 Å². The highest BCUT2D eigenvalue weighted by atomic mass is 16.1. The SMILES string of the molecule is Cc1cccc(C=O)c1CCC#N. The van der Waals surface area contributed by atoms with Crippen LogP contribution in [0.3, 0.4) is 0 Å². The molecule has 0 radical (unpaired) electrons. The van der Waals surface area contributed by atoms with E-state index in [-0.39, 0.29) is 0 Å². The first-order valence-corrected chi connectivity index (χ1v) is 4.20. The minimum absolute atomic E-state index is 0.464. The van der Waals surface area contributed by atoms with Crippen molar-refractivity contribution in [2.24, 2.45) is 0 Å². The predicted octanol–water partition coefficient (Wildman–Crippen LogP) is 2.26.